The lowest BCUT2D eigenvalue weighted by Gasteiger charge is -2.20. The van der Waals surface area contributed by atoms with Gasteiger partial charge in [0.05, 0.1) is 5.41 Å². The summed E-state index contributed by atoms with van der Waals surface area (Å²) in [6.45, 7) is 1.37. The van der Waals surface area contributed by atoms with E-state index in [1.54, 1.807) is 0 Å². The molecule has 3 nitrogen and oxygen atoms in total. The van der Waals surface area contributed by atoms with Crippen molar-refractivity contribution in [3.8, 4) is 0 Å². The molecule has 1 fully saturated rings. The standard InChI is InChI=1S/C13H16ClNO2/c1-15(9-13(6-7-13)12(16)17)8-10-2-4-11(14)5-3-10/h2-5H,6-9H2,1H3,(H,16,17). The highest BCUT2D eigenvalue weighted by molar-refractivity contribution is 6.30. The first-order chi connectivity index (χ1) is 8.02. The largest absolute Gasteiger partial charge is 0.481 e. The van der Waals surface area contributed by atoms with E-state index < -0.39 is 11.4 Å². The van der Waals surface area contributed by atoms with E-state index in [0.717, 1.165) is 30.0 Å². The molecule has 0 aromatic heterocycles. The van der Waals surface area contributed by atoms with Crippen molar-refractivity contribution in [3.63, 3.8) is 0 Å². The number of hydrogen-bond donors (Lipinski definition) is 1. The summed E-state index contributed by atoms with van der Waals surface area (Å²) in [6.07, 6.45) is 1.60. The summed E-state index contributed by atoms with van der Waals surface area (Å²) < 4.78 is 0. The molecule has 1 aromatic carbocycles. The van der Waals surface area contributed by atoms with Crippen molar-refractivity contribution in [1.82, 2.24) is 4.90 Å². The molecular formula is C13H16ClNO2. The van der Waals surface area contributed by atoms with Crippen LogP contribution in [0.5, 0.6) is 0 Å². The Hall–Kier alpha value is -1.06. The second-order valence-corrected chi connectivity index (χ2v) is 5.32. The van der Waals surface area contributed by atoms with Gasteiger partial charge in [0, 0.05) is 18.1 Å². The predicted octanol–water partition coefficient (Wildman–Crippen LogP) is 2.64. The molecular weight excluding hydrogens is 238 g/mol. The fourth-order valence-corrected chi connectivity index (χ4v) is 2.19. The molecule has 0 saturated heterocycles. The molecule has 17 heavy (non-hydrogen) atoms. The van der Waals surface area contributed by atoms with E-state index in [4.69, 9.17) is 16.7 Å². The summed E-state index contributed by atoms with van der Waals surface area (Å²) in [7, 11) is 1.96. The molecule has 1 aromatic rings. The van der Waals surface area contributed by atoms with Crippen LogP contribution in [0, 0.1) is 5.41 Å². The van der Waals surface area contributed by atoms with Gasteiger partial charge in [0.15, 0.2) is 0 Å². The third-order valence-electron chi connectivity index (χ3n) is 3.25. The van der Waals surface area contributed by atoms with Crippen molar-refractivity contribution in [2.75, 3.05) is 13.6 Å². The Labute approximate surface area is 106 Å². The molecule has 1 saturated carbocycles. The molecule has 0 bridgehead atoms. The lowest BCUT2D eigenvalue weighted by atomic mass is 10.1. The Morgan fingerprint density at radius 1 is 1.41 bits per heavy atom. The summed E-state index contributed by atoms with van der Waals surface area (Å²) >= 11 is 5.81. The predicted molar refractivity (Wildman–Crippen MR) is 67.1 cm³/mol. The number of nitrogens with zero attached hydrogens (tertiary/aromatic N) is 1. The second-order valence-electron chi connectivity index (χ2n) is 4.88. The number of aliphatic carboxylic acids is 1. The number of benzene rings is 1. The van der Waals surface area contributed by atoms with Crippen LogP contribution in [0.15, 0.2) is 24.3 Å². The SMILES string of the molecule is CN(Cc1ccc(Cl)cc1)CC1(C(=O)O)CC1. The maximum atomic E-state index is 11.1. The molecule has 92 valence electrons. The van der Waals surface area contributed by atoms with E-state index in [9.17, 15) is 4.79 Å². The average Bonchev–Trinajstić information content (AvgIpc) is 3.02. The van der Waals surface area contributed by atoms with Gasteiger partial charge in [-0.15, -0.1) is 0 Å². The first kappa shape index (κ1) is 12.4. The molecule has 2 rings (SSSR count). The zero-order valence-corrected chi connectivity index (χ0v) is 10.6. The molecule has 1 aliphatic carbocycles. The fraction of sp³-hybridized carbons (Fsp3) is 0.462. The van der Waals surface area contributed by atoms with Crippen LogP contribution in [0.25, 0.3) is 0 Å². The fourth-order valence-electron chi connectivity index (χ4n) is 2.06. The van der Waals surface area contributed by atoms with Crippen molar-refractivity contribution in [1.29, 1.82) is 0 Å². The van der Waals surface area contributed by atoms with Gasteiger partial charge >= 0.3 is 5.97 Å². The van der Waals surface area contributed by atoms with Gasteiger partial charge in [0.2, 0.25) is 0 Å². The van der Waals surface area contributed by atoms with Crippen LogP contribution in [-0.4, -0.2) is 29.6 Å². The second kappa shape index (κ2) is 4.67. The zero-order chi connectivity index (χ0) is 12.5. The Morgan fingerprint density at radius 3 is 2.47 bits per heavy atom. The minimum absolute atomic E-state index is 0.485. The molecule has 0 spiro atoms. The van der Waals surface area contributed by atoms with Gasteiger partial charge in [0.1, 0.15) is 0 Å². The van der Waals surface area contributed by atoms with E-state index >= 15 is 0 Å². The van der Waals surface area contributed by atoms with Crippen molar-refractivity contribution in [2.24, 2.45) is 5.41 Å². The van der Waals surface area contributed by atoms with Gasteiger partial charge in [-0.3, -0.25) is 4.79 Å². The maximum absolute atomic E-state index is 11.1. The van der Waals surface area contributed by atoms with E-state index in [1.807, 2.05) is 31.3 Å². The lowest BCUT2D eigenvalue weighted by molar-refractivity contribution is -0.144. The molecule has 0 aliphatic heterocycles. The highest BCUT2D eigenvalue weighted by atomic mass is 35.5. The molecule has 4 heteroatoms. The molecule has 0 atom stereocenters. The van der Waals surface area contributed by atoms with E-state index in [0.29, 0.717) is 6.54 Å². The molecule has 0 heterocycles. The third-order valence-corrected chi connectivity index (χ3v) is 3.50. The Bertz CT molecular complexity index is 412. The highest BCUT2D eigenvalue weighted by Gasteiger charge is 2.50. The van der Waals surface area contributed by atoms with E-state index in [2.05, 4.69) is 4.90 Å². The first-order valence-electron chi connectivity index (χ1n) is 5.68. The zero-order valence-electron chi connectivity index (χ0n) is 9.82. The smallest absolute Gasteiger partial charge is 0.310 e. The van der Waals surface area contributed by atoms with Gasteiger partial charge in [-0.1, -0.05) is 23.7 Å². The van der Waals surface area contributed by atoms with Crippen molar-refractivity contribution in [2.45, 2.75) is 19.4 Å². The van der Waals surface area contributed by atoms with Gasteiger partial charge in [-0.25, -0.2) is 0 Å². The summed E-state index contributed by atoms with van der Waals surface area (Å²) in [6, 6.07) is 7.65. The van der Waals surface area contributed by atoms with Crippen LogP contribution < -0.4 is 0 Å². The van der Waals surface area contributed by atoms with Crippen molar-refractivity contribution >= 4 is 17.6 Å². The quantitative estimate of drug-likeness (QED) is 0.877. The molecule has 0 unspecified atom stereocenters. The summed E-state index contributed by atoms with van der Waals surface area (Å²) in [4.78, 5) is 13.1. The Balaban J connectivity index is 1.91. The van der Waals surface area contributed by atoms with E-state index in [1.165, 1.54) is 0 Å². The third kappa shape index (κ3) is 2.99. The maximum Gasteiger partial charge on any atom is 0.310 e. The minimum Gasteiger partial charge on any atom is -0.481 e. The molecule has 0 amide bonds. The number of carboxylic acids is 1. The summed E-state index contributed by atoms with van der Waals surface area (Å²) in [5.74, 6) is -0.666. The number of halogens is 1. The molecule has 1 aliphatic rings. The average molecular weight is 254 g/mol. The number of carbonyl (C=O) groups is 1. The van der Waals surface area contributed by atoms with Crippen LogP contribution in [0.3, 0.4) is 0 Å². The Kier molecular flexibility index (Phi) is 3.40. The molecule has 0 radical (unpaired) electrons. The van der Waals surface area contributed by atoms with Crippen LogP contribution in [-0.2, 0) is 11.3 Å². The topological polar surface area (TPSA) is 40.5 Å². The molecule has 1 N–H and O–H groups in total. The monoisotopic (exact) mass is 253 g/mol. The van der Waals surface area contributed by atoms with Gasteiger partial charge in [-0.2, -0.15) is 0 Å². The van der Waals surface area contributed by atoms with Crippen molar-refractivity contribution < 1.29 is 9.90 Å². The summed E-state index contributed by atoms with van der Waals surface area (Å²) in [5, 5.41) is 9.83. The van der Waals surface area contributed by atoms with Crippen LogP contribution in [0.1, 0.15) is 18.4 Å². The van der Waals surface area contributed by atoms with Crippen molar-refractivity contribution in [3.05, 3.63) is 34.9 Å². The van der Waals surface area contributed by atoms with Crippen LogP contribution in [0.4, 0.5) is 0 Å². The lowest BCUT2D eigenvalue weighted by Crippen LogP contribution is -2.31. The van der Waals surface area contributed by atoms with Gasteiger partial charge in [0.25, 0.3) is 0 Å². The number of hydrogen-bond acceptors (Lipinski definition) is 2. The number of rotatable bonds is 5. The minimum atomic E-state index is -0.666. The summed E-state index contributed by atoms with van der Waals surface area (Å²) in [5.41, 5.74) is 0.666. The van der Waals surface area contributed by atoms with Gasteiger partial charge < -0.3 is 10.0 Å². The van der Waals surface area contributed by atoms with Gasteiger partial charge in [-0.05, 0) is 37.6 Å². The number of carboxylic acid groups (broad SMARTS) is 1. The normalized spacial score (nSPS) is 17.1. The highest BCUT2D eigenvalue weighted by Crippen LogP contribution is 2.46. The van der Waals surface area contributed by atoms with Crippen LogP contribution >= 0.6 is 11.6 Å². The Morgan fingerprint density at radius 2 is 2.00 bits per heavy atom. The van der Waals surface area contributed by atoms with Crippen LogP contribution in [0.2, 0.25) is 5.02 Å². The first-order valence-corrected chi connectivity index (χ1v) is 6.06. The van der Waals surface area contributed by atoms with E-state index in [-0.39, 0.29) is 0 Å².